The summed E-state index contributed by atoms with van der Waals surface area (Å²) in [5, 5.41) is 4.98. The van der Waals surface area contributed by atoms with Crippen LogP contribution in [-0.4, -0.2) is 18.6 Å². The van der Waals surface area contributed by atoms with Crippen LogP contribution in [0.3, 0.4) is 0 Å². The van der Waals surface area contributed by atoms with Crippen molar-refractivity contribution in [3.63, 3.8) is 0 Å². The summed E-state index contributed by atoms with van der Waals surface area (Å²) < 4.78 is 11.6. The van der Waals surface area contributed by atoms with Crippen LogP contribution in [0.2, 0.25) is 0 Å². The van der Waals surface area contributed by atoms with Crippen molar-refractivity contribution in [1.29, 1.82) is 0 Å². The van der Waals surface area contributed by atoms with Crippen LogP contribution in [0.1, 0.15) is 39.6 Å². The fourth-order valence-electron chi connectivity index (χ4n) is 4.65. The van der Waals surface area contributed by atoms with Crippen molar-refractivity contribution >= 4 is 10.9 Å². The summed E-state index contributed by atoms with van der Waals surface area (Å²) in [5.41, 5.74) is 8.75. The SMILES string of the molecule is COc1ccc(C2NCCc3c2[nH]c2ccc(OCc4ccccc4)cc32)c(C)c1C. The van der Waals surface area contributed by atoms with Gasteiger partial charge in [-0.3, -0.25) is 0 Å². The molecule has 31 heavy (non-hydrogen) atoms. The van der Waals surface area contributed by atoms with Crippen molar-refractivity contribution in [1.82, 2.24) is 10.3 Å². The average Bonchev–Trinajstić information content (AvgIpc) is 3.18. The highest BCUT2D eigenvalue weighted by Gasteiger charge is 2.27. The van der Waals surface area contributed by atoms with Crippen LogP contribution in [0.25, 0.3) is 10.9 Å². The monoisotopic (exact) mass is 412 g/mol. The van der Waals surface area contributed by atoms with E-state index >= 15 is 0 Å². The summed E-state index contributed by atoms with van der Waals surface area (Å²) in [7, 11) is 1.73. The molecule has 1 atom stereocenters. The Morgan fingerprint density at radius 1 is 0.968 bits per heavy atom. The number of hydrogen-bond acceptors (Lipinski definition) is 3. The van der Waals surface area contributed by atoms with Crippen molar-refractivity contribution in [2.24, 2.45) is 0 Å². The zero-order valence-corrected chi connectivity index (χ0v) is 18.3. The molecule has 4 nitrogen and oxygen atoms in total. The quantitative estimate of drug-likeness (QED) is 0.448. The third-order valence-electron chi connectivity index (χ3n) is 6.48. The van der Waals surface area contributed by atoms with Gasteiger partial charge in [-0.05, 0) is 72.4 Å². The Labute approximate surface area is 183 Å². The van der Waals surface area contributed by atoms with Crippen LogP contribution in [0.4, 0.5) is 0 Å². The molecule has 3 aromatic carbocycles. The van der Waals surface area contributed by atoms with Gasteiger partial charge in [0.15, 0.2) is 0 Å². The molecule has 2 N–H and O–H groups in total. The van der Waals surface area contributed by atoms with E-state index < -0.39 is 0 Å². The van der Waals surface area contributed by atoms with E-state index in [2.05, 4.69) is 66.6 Å². The number of methoxy groups -OCH3 is 1. The molecule has 0 aliphatic carbocycles. The molecule has 1 unspecified atom stereocenters. The Kier molecular flexibility index (Phi) is 5.16. The first kappa shape index (κ1) is 19.7. The molecule has 1 aliphatic heterocycles. The highest BCUT2D eigenvalue weighted by molar-refractivity contribution is 5.86. The van der Waals surface area contributed by atoms with Gasteiger partial charge < -0.3 is 19.8 Å². The third-order valence-corrected chi connectivity index (χ3v) is 6.48. The largest absolute Gasteiger partial charge is 0.496 e. The number of hydrogen-bond donors (Lipinski definition) is 2. The molecule has 2 heterocycles. The van der Waals surface area contributed by atoms with E-state index in [1.807, 2.05) is 18.2 Å². The van der Waals surface area contributed by atoms with Gasteiger partial charge in [-0.1, -0.05) is 36.4 Å². The molecule has 1 aliphatic rings. The van der Waals surface area contributed by atoms with Gasteiger partial charge in [0.25, 0.3) is 0 Å². The molecule has 0 bridgehead atoms. The third kappa shape index (κ3) is 3.57. The normalized spacial score (nSPS) is 15.6. The molecule has 0 fully saturated rings. The summed E-state index contributed by atoms with van der Waals surface area (Å²) in [6, 6.07) is 21.1. The highest BCUT2D eigenvalue weighted by atomic mass is 16.5. The number of aromatic amines is 1. The second kappa shape index (κ2) is 8.12. The minimum Gasteiger partial charge on any atom is -0.496 e. The van der Waals surface area contributed by atoms with E-state index in [0.29, 0.717) is 6.61 Å². The molecule has 158 valence electrons. The van der Waals surface area contributed by atoms with E-state index in [1.54, 1.807) is 7.11 Å². The van der Waals surface area contributed by atoms with Crippen LogP contribution in [0, 0.1) is 13.8 Å². The van der Waals surface area contributed by atoms with Gasteiger partial charge in [0.05, 0.1) is 13.2 Å². The van der Waals surface area contributed by atoms with Crippen molar-refractivity contribution in [3.8, 4) is 11.5 Å². The van der Waals surface area contributed by atoms with Crippen molar-refractivity contribution in [2.45, 2.75) is 32.9 Å². The Bertz CT molecular complexity index is 1230. The summed E-state index contributed by atoms with van der Waals surface area (Å²) in [6.45, 7) is 5.84. The zero-order valence-electron chi connectivity index (χ0n) is 18.3. The van der Waals surface area contributed by atoms with E-state index in [4.69, 9.17) is 9.47 Å². The van der Waals surface area contributed by atoms with Gasteiger partial charge in [0, 0.05) is 23.1 Å². The maximum atomic E-state index is 6.09. The Hall–Kier alpha value is -3.24. The summed E-state index contributed by atoms with van der Waals surface area (Å²) in [6.07, 6.45) is 1.00. The summed E-state index contributed by atoms with van der Waals surface area (Å²) in [4.78, 5) is 3.69. The number of H-pyrrole nitrogens is 1. The summed E-state index contributed by atoms with van der Waals surface area (Å²) in [5.74, 6) is 1.85. The molecule has 0 saturated carbocycles. The van der Waals surface area contributed by atoms with Gasteiger partial charge in [-0.15, -0.1) is 0 Å². The molecule has 0 amide bonds. The number of ether oxygens (including phenoxy) is 2. The molecular formula is C27H28N2O2. The van der Waals surface area contributed by atoms with E-state index in [9.17, 15) is 0 Å². The lowest BCUT2D eigenvalue weighted by Crippen LogP contribution is -2.31. The first-order valence-corrected chi connectivity index (χ1v) is 10.8. The fourth-order valence-corrected chi connectivity index (χ4v) is 4.65. The molecule has 1 aromatic heterocycles. The standard InChI is InChI=1S/C27H28N2O2/c1-17-18(2)25(30-3)12-10-21(17)26-27-22(13-14-28-26)23-15-20(9-11-24(23)29-27)31-16-19-7-5-4-6-8-19/h4-12,15,26,28-29H,13-14,16H2,1-3H3. The highest BCUT2D eigenvalue weighted by Crippen LogP contribution is 2.37. The maximum Gasteiger partial charge on any atom is 0.122 e. The smallest absolute Gasteiger partial charge is 0.122 e. The topological polar surface area (TPSA) is 46.3 Å². The van der Waals surface area contributed by atoms with Gasteiger partial charge in [-0.25, -0.2) is 0 Å². The van der Waals surface area contributed by atoms with Gasteiger partial charge >= 0.3 is 0 Å². The molecule has 4 aromatic rings. The van der Waals surface area contributed by atoms with E-state index in [0.717, 1.165) is 30.0 Å². The number of rotatable bonds is 5. The molecule has 0 spiro atoms. The number of nitrogens with one attached hydrogen (secondary N) is 2. The van der Waals surface area contributed by atoms with E-state index in [-0.39, 0.29) is 6.04 Å². The van der Waals surface area contributed by atoms with Crippen LogP contribution in [0.5, 0.6) is 11.5 Å². The first-order chi connectivity index (χ1) is 15.2. The predicted molar refractivity (Wildman–Crippen MR) is 125 cm³/mol. The minimum atomic E-state index is 0.148. The minimum absolute atomic E-state index is 0.148. The lowest BCUT2D eigenvalue weighted by Gasteiger charge is -2.27. The Morgan fingerprint density at radius 2 is 1.81 bits per heavy atom. The van der Waals surface area contributed by atoms with Gasteiger partial charge in [-0.2, -0.15) is 0 Å². The lowest BCUT2D eigenvalue weighted by molar-refractivity contribution is 0.306. The Balaban J connectivity index is 1.49. The summed E-state index contributed by atoms with van der Waals surface area (Å²) >= 11 is 0. The van der Waals surface area contributed by atoms with Crippen LogP contribution in [-0.2, 0) is 13.0 Å². The number of aromatic nitrogens is 1. The number of benzene rings is 3. The molecule has 0 saturated heterocycles. The van der Waals surface area contributed by atoms with Crippen LogP contribution >= 0.6 is 0 Å². The second-order valence-electron chi connectivity index (χ2n) is 8.24. The van der Waals surface area contributed by atoms with Crippen molar-refractivity contribution < 1.29 is 9.47 Å². The van der Waals surface area contributed by atoms with Crippen molar-refractivity contribution in [3.05, 3.63) is 94.2 Å². The van der Waals surface area contributed by atoms with Crippen LogP contribution in [0.15, 0.2) is 60.7 Å². The van der Waals surface area contributed by atoms with Crippen LogP contribution < -0.4 is 14.8 Å². The van der Waals surface area contributed by atoms with Crippen molar-refractivity contribution in [2.75, 3.05) is 13.7 Å². The number of fused-ring (bicyclic) bond motifs is 3. The van der Waals surface area contributed by atoms with E-state index in [1.165, 1.54) is 38.9 Å². The first-order valence-electron chi connectivity index (χ1n) is 10.8. The van der Waals surface area contributed by atoms with Gasteiger partial charge in [0.2, 0.25) is 0 Å². The Morgan fingerprint density at radius 3 is 2.61 bits per heavy atom. The predicted octanol–water partition coefficient (Wildman–Crippen LogP) is 5.61. The molecule has 0 radical (unpaired) electrons. The van der Waals surface area contributed by atoms with Gasteiger partial charge in [0.1, 0.15) is 18.1 Å². The molecular weight excluding hydrogens is 384 g/mol. The zero-order chi connectivity index (χ0) is 21.4. The maximum absolute atomic E-state index is 6.09. The average molecular weight is 413 g/mol. The lowest BCUT2D eigenvalue weighted by atomic mass is 9.90. The fraction of sp³-hybridized carbons (Fsp3) is 0.259. The molecule has 5 rings (SSSR count). The second-order valence-corrected chi connectivity index (χ2v) is 8.24. The molecule has 4 heteroatoms.